The summed E-state index contributed by atoms with van der Waals surface area (Å²) in [5.74, 6) is -107. The predicted molar refractivity (Wildman–Crippen MR) is 217 cm³/mol. The summed E-state index contributed by atoms with van der Waals surface area (Å²) in [5.41, 5.74) is 1.09. The lowest BCUT2D eigenvalue weighted by atomic mass is 9.87. The second-order valence-corrected chi connectivity index (χ2v) is 17.0. The van der Waals surface area contributed by atoms with Crippen LogP contribution in [0.15, 0.2) is 59.7 Å². The van der Waals surface area contributed by atoms with E-state index in [1.165, 1.54) is 74.5 Å². The Hall–Kier alpha value is -5.97. The fourth-order valence-corrected chi connectivity index (χ4v) is 6.95. The number of nitrogens with zero attached hydrogens (tertiary/aromatic N) is 2. The van der Waals surface area contributed by atoms with Crippen LogP contribution in [0.1, 0.15) is 44.2 Å². The number of allylic oxidation sites excluding steroid dienone is 2. The highest BCUT2D eigenvalue weighted by Gasteiger charge is 2.96. The quantitative estimate of drug-likeness (QED) is 0.0589. The van der Waals surface area contributed by atoms with Gasteiger partial charge in [0.05, 0.1) is 13.1 Å². The number of ether oxygens (including phenoxy) is 2. The van der Waals surface area contributed by atoms with Crippen molar-refractivity contribution >= 4 is 41.2 Å². The molecule has 0 N–H and O–H groups in total. The highest BCUT2D eigenvalue weighted by atomic mass is 19.4. The lowest BCUT2D eigenvalue weighted by Gasteiger charge is -2.40. The van der Waals surface area contributed by atoms with Gasteiger partial charge in [-0.1, -0.05) is 24.3 Å². The van der Waals surface area contributed by atoms with Crippen molar-refractivity contribution in [2.75, 3.05) is 49.2 Å². The number of anilines is 2. The van der Waals surface area contributed by atoms with Crippen molar-refractivity contribution in [3.05, 3.63) is 70.8 Å². The van der Waals surface area contributed by atoms with Crippen molar-refractivity contribution in [2.45, 2.75) is 117 Å². The largest absolute Gasteiger partial charge is 0.460 e. The Morgan fingerprint density at radius 1 is 0.407 bits per heavy atom. The molecule has 460 valence electrons. The van der Waals surface area contributed by atoms with Crippen LogP contribution in [-0.2, 0) is 23.9 Å². The van der Waals surface area contributed by atoms with E-state index in [0.29, 0.717) is 6.42 Å². The Morgan fingerprint density at radius 3 is 0.901 bits per heavy atom. The van der Waals surface area contributed by atoms with Crippen LogP contribution in [0.25, 0.3) is 12.2 Å². The van der Waals surface area contributed by atoms with Gasteiger partial charge in [-0.25, -0.2) is 9.59 Å². The number of benzene rings is 2. The Kier molecular flexibility index (Phi) is 19.4. The Balaban J connectivity index is 1.69. The van der Waals surface area contributed by atoms with Gasteiger partial charge in [-0.3, -0.25) is 4.79 Å². The van der Waals surface area contributed by atoms with Crippen LogP contribution in [0.3, 0.4) is 0 Å². The van der Waals surface area contributed by atoms with Crippen molar-refractivity contribution in [2.24, 2.45) is 0 Å². The first kappa shape index (κ1) is 69.3. The molecule has 0 spiro atoms. The van der Waals surface area contributed by atoms with Gasteiger partial charge >= 0.3 is 95.4 Å². The van der Waals surface area contributed by atoms with Gasteiger partial charge in [0.25, 0.3) is 0 Å². The molecule has 1 fully saturated rings. The summed E-state index contributed by atoms with van der Waals surface area (Å²) in [6.45, 7) is -2.39. The number of alkyl halides is 30. The summed E-state index contributed by atoms with van der Waals surface area (Å²) in [4.78, 5) is 39.2. The molecule has 1 saturated carbocycles. The monoisotopic (exact) mass is 1240 g/mol. The van der Waals surface area contributed by atoms with Crippen LogP contribution in [0.4, 0.5) is 143 Å². The number of Topliss-reactive ketones (excluding diaryl/α,β-unsaturated/α-hetero) is 1. The van der Waals surface area contributed by atoms with E-state index in [1.807, 2.05) is 0 Å². The number of esters is 2. The van der Waals surface area contributed by atoms with E-state index in [4.69, 9.17) is 0 Å². The van der Waals surface area contributed by atoms with Crippen LogP contribution >= 0.6 is 0 Å². The fraction of sp³-hybridized carbons (Fsp3) is 0.568. The molecule has 0 unspecified atom stereocenters. The van der Waals surface area contributed by atoms with E-state index < -0.39 is 127 Å². The lowest BCUT2D eigenvalue weighted by Crippen LogP contribution is -2.73. The standard InChI is InChI=1S/C44H34F30N2O5/c1-3-75(16-18-80-29(78)31(45,46)33(49,50)35(53,54)37(57,58)39(61,62)41(65,66)43(69,70)71)26-12-8-22(9-13-26)20-24-6-5-7-25(28(24)77)21-23-10-14-27(15-11-23)76(4-2)17-19-81-30(79)32(47,48)34(51,52)36(55,56)38(59,60)40(63,64)42(67,68)44(72,73)74/h8-15,20-21H,3-7,16-19H2,1-2H3. The molecule has 3 rings (SSSR count). The predicted octanol–water partition coefficient (Wildman–Crippen LogP) is 14.4. The van der Waals surface area contributed by atoms with Gasteiger partial charge < -0.3 is 19.3 Å². The molecule has 0 bridgehead atoms. The van der Waals surface area contributed by atoms with Gasteiger partial charge in [-0.15, -0.1) is 0 Å². The van der Waals surface area contributed by atoms with E-state index in [1.54, 1.807) is 0 Å². The third-order valence-corrected chi connectivity index (χ3v) is 11.8. The second kappa shape index (κ2) is 22.6. The number of halogens is 30. The molecular formula is C44H34F30N2O5. The third kappa shape index (κ3) is 11.9. The van der Waals surface area contributed by atoms with Crippen molar-refractivity contribution in [3.8, 4) is 0 Å². The first-order chi connectivity index (χ1) is 36.2. The normalized spacial score (nSPS) is 16.7. The van der Waals surface area contributed by atoms with Crippen LogP contribution in [0, 0.1) is 0 Å². The number of carbonyl (C=O) groups excluding carboxylic acids is 3. The molecule has 1 aliphatic rings. The fourth-order valence-electron chi connectivity index (χ4n) is 6.95. The highest BCUT2D eigenvalue weighted by molar-refractivity contribution is 6.14. The smallest absolute Gasteiger partial charge is 0.459 e. The van der Waals surface area contributed by atoms with Gasteiger partial charge in [-0.05, 0) is 80.7 Å². The van der Waals surface area contributed by atoms with Crippen LogP contribution in [0.5, 0.6) is 0 Å². The maximum atomic E-state index is 14.3. The molecule has 2 aromatic rings. The van der Waals surface area contributed by atoms with E-state index in [2.05, 4.69) is 9.47 Å². The van der Waals surface area contributed by atoms with Gasteiger partial charge in [0.1, 0.15) is 13.2 Å². The summed E-state index contributed by atoms with van der Waals surface area (Å²) in [6.07, 6.45) is -12.2. The molecule has 0 amide bonds. The van der Waals surface area contributed by atoms with Crippen LogP contribution in [-0.4, -0.2) is 141 Å². The van der Waals surface area contributed by atoms with E-state index in [0.717, 1.165) is 9.80 Å². The highest BCUT2D eigenvalue weighted by Crippen LogP contribution is 2.64. The summed E-state index contributed by atoms with van der Waals surface area (Å²) < 4.78 is 413. The lowest BCUT2D eigenvalue weighted by molar-refractivity contribution is -0.450. The molecular weight excluding hydrogens is 1210 g/mol. The first-order valence-corrected chi connectivity index (χ1v) is 21.9. The van der Waals surface area contributed by atoms with Crippen LogP contribution in [0.2, 0.25) is 0 Å². The number of ketones is 1. The number of hydrogen-bond acceptors (Lipinski definition) is 7. The molecule has 2 aromatic carbocycles. The number of rotatable bonds is 24. The maximum absolute atomic E-state index is 14.3. The Bertz CT molecular complexity index is 2450. The average Bonchev–Trinajstić information content (AvgIpc) is 3.54. The topological polar surface area (TPSA) is 76.2 Å². The zero-order valence-electron chi connectivity index (χ0n) is 39.9. The minimum Gasteiger partial charge on any atom is -0.459 e. The van der Waals surface area contributed by atoms with Gasteiger partial charge in [0.15, 0.2) is 5.78 Å². The number of likely N-dealkylation sites (N-methyl/N-ethyl adjacent to an activating group) is 2. The second-order valence-electron chi connectivity index (χ2n) is 17.0. The van der Waals surface area contributed by atoms with Gasteiger partial charge in [0.2, 0.25) is 0 Å². The summed E-state index contributed by atoms with van der Waals surface area (Å²) in [6, 6.07) is 10.3. The van der Waals surface area contributed by atoms with Crippen molar-refractivity contribution < 1.29 is 156 Å². The molecule has 0 saturated heterocycles. The molecule has 0 atom stereocenters. The molecule has 1 aliphatic carbocycles. The Labute approximate surface area is 433 Å². The summed E-state index contributed by atoms with van der Waals surface area (Å²) in [7, 11) is 0. The third-order valence-electron chi connectivity index (χ3n) is 11.8. The molecule has 0 aromatic heterocycles. The average molecular weight is 1240 g/mol. The molecule has 0 heterocycles. The minimum atomic E-state index is -8.61. The number of hydrogen-bond donors (Lipinski definition) is 0. The molecule has 7 nitrogen and oxygen atoms in total. The first-order valence-electron chi connectivity index (χ1n) is 21.9. The van der Waals surface area contributed by atoms with Crippen molar-refractivity contribution in [1.29, 1.82) is 0 Å². The maximum Gasteiger partial charge on any atom is 0.460 e. The molecule has 0 radical (unpaired) electrons. The van der Waals surface area contributed by atoms with Gasteiger partial charge in [0, 0.05) is 35.6 Å². The van der Waals surface area contributed by atoms with E-state index in [9.17, 15) is 146 Å². The van der Waals surface area contributed by atoms with Crippen molar-refractivity contribution in [3.63, 3.8) is 0 Å². The molecule has 81 heavy (non-hydrogen) atoms. The molecule has 37 heteroatoms. The Morgan fingerprint density at radius 2 is 0.654 bits per heavy atom. The summed E-state index contributed by atoms with van der Waals surface area (Å²) >= 11 is 0. The SMILES string of the molecule is CCN(CCOC(=O)C(F)(F)C(F)(F)C(F)(F)C(F)(F)C(F)(F)C(F)(F)C(F)(F)F)c1ccc(C=C2CCCC(=Cc3ccc(N(CC)CCOC(=O)C(F)(F)C(F)(F)C(F)(F)C(F)(F)C(F)(F)C(F)(F)C(F)(F)F)cc3)C2=O)cc1. The number of carbonyl (C=O) groups is 3. The van der Waals surface area contributed by atoms with Gasteiger partial charge in [-0.2, -0.15) is 132 Å². The zero-order chi connectivity index (χ0) is 63.2. The summed E-state index contributed by atoms with van der Waals surface area (Å²) in [5, 5.41) is 0. The van der Waals surface area contributed by atoms with Crippen LogP contribution < -0.4 is 9.80 Å². The molecule has 0 aliphatic heterocycles. The van der Waals surface area contributed by atoms with E-state index >= 15 is 0 Å². The van der Waals surface area contributed by atoms with E-state index in [-0.39, 0.29) is 59.6 Å². The zero-order valence-corrected chi connectivity index (χ0v) is 39.9. The minimum absolute atomic E-state index is 0.0751. The van der Waals surface area contributed by atoms with Crippen molar-refractivity contribution in [1.82, 2.24) is 0 Å².